The number of rotatable bonds is 13. The summed E-state index contributed by atoms with van der Waals surface area (Å²) in [4.78, 5) is 69.7. The molecule has 2 unspecified atom stereocenters. The number of carbonyl (C=O) groups excluding carboxylic acids is 5. The minimum absolute atomic E-state index is 0.00450. The van der Waals surface area contributed by atoms with Crippen LogP contribution in [0.3, 0.4) is 0 Å². The molecular formula is C36H61N5O7S. The number of sulfone groups is 1. The average Bonchev–Trinajstić information content (AvgIpc) is 3.83. The van der Waals surface area contributed by atoms with Gasteiger partial charge in [0, 0.05) is 12.6 Å². The van der Waals surface area contributed by atoms with Gasteiger partial charge in [-0.1, -0.05) is 73.6 Å². The Bertz CT molecular complexity index is 1400. The second-order valence-electron chi connectivity index (χ2n) is 17.8. The Balaban J connectivity index is 1.54. The highest BCUT2D eigenvalue weighted by atomic mass is 32.2. The lowest BCUT2D eigenvalue weighted by atomic mass is 9.83. The summed E-state index contributed by atoms with van der Waals surface area (Å²) in [7, 11) is -3.56. The van der Waals surface area contributed by atoms with E-state index in [1.807, 2.05) is 27.7 Å². The maximum absolute atomic E-state index is 14.5. The van der Waals surface area contributed by atoms with Crippen molar-refractivity contribution in [1.82, 2.24) is 26.2 Å². The fourth-order valence-corrected chi connectivity index (χ4v) is 9.25. The number of Topliss-reactive ketones (excluding diaryl/α,β-unsaturated/α-hetero) is 1. The van der Waals surface area contributed by atoms with E-state index in [2.05, 4.69) is 35.1 Å². The molecule has 4 rings (SSSR count). The Hall–Kier alpha value is -2.70. The van der Waals surface area contributed by atoms with E-state index >= 15 is 0 Å². The molecule has 0 spiro atoms. The summed E-state index contributed by atoms with van der Waals surface area (Å²) in [6.45, 7) is 16.9. The van der Waals surface area contributed by atoms with Crippen LogP contribution < -0.4 is 21.3 Å². The van der Waals surface area contributed by atoms with Crippen molar-refractivity contribution in [3.63, 3.8) is 0 Å². The number of ketones is 1. The molecule has 1 heterocycles. The Morgan fingerprint density at radius 1 is 0.918 bits per heavy atom. The fraction of sp³-hybridized carbons (Fsp3) is 0.861. The molecule has 5 amide bonds. The SMILES string of the molecule is CCCCC(NC(=O)[C@@H]1[C@@H]2[C@H](CN1C(=O)C(NC(=O)NC1(CS(=O)(=O)C(C)(C)C)CCCCC1)C(C)(C)C)C2(C)C)C(=O)C(=O)NC1CC1. The second-order valence-corrected chi connectivity index (χ2v) is 20.6. The van der Waals surface area contributed by atoms with Crippen molar-refractivity contribution in [2.45, 2.75) is 161 Å². The van der Waals surface area contributed by atoms with Crippen molar-refractivity contribution in [2.75, 3.05) is 12.3 Å². The molecule has 0 aromatic carbocycles. The van der Waals surface area contributed by atoms with Gasteiger partial charge in [0.05, 0.1) is 22.1 Å². The van der Waals surface area contributed by atoms with E-state index < -0.39 is 73.2 Å². The van der Waals surface area contributed by atoms with E-state index in [0.29, 0.717) is 32.2 Å². The zero-order valence-corrected chi connectivity index (χ0v) is 32.0. The molecule has 3 aliphatic carbocycles. The number of nitrogens with zero attached hydrogens (tertiary/aromatic N) is 1. The van der Waals surface area contributed by atoms with Gasteiger partial charge in [-0.05, 0) is 75.5 Å². The number of amides is 5. The molecule has 0 aromatic heterocycles. The van der Waals surface area contributed by atoms with Crippen LogP contribution in [0.1, 0.15) is 127 Å². The summed E-state index contributed by atoms with van der Waals surface area (Å²) in [6, 6.07) is -3.50. The van der Waals surface area contributed by atoms with E-state index in [4.69, 9.17) is 0 Å². The largest absolute Gasteiger partial charge is 0.347 e. The number of likely N-dealkylation sites (tertiary alicyclic amines) is 1. The van der Waals surface area contributed by atoms with Gasteiger partial charge in [-0.15, -0.1) is 0 Å². The van der Waals surface area contributed by atoms with Crippen molar-refractivity contribution in [3.8, 4) is 0 Å². The number of piperidine rings is 1. The van der Waals surface area contributed by atoms with Gasteiger partial charge in [0.2, 0.25) is 17.6 Å². The van der Waals surface area contributed by atoms with Gasteiger partial charge < -0.3 is 26.2 Å². The molecule has 0 radical (unpaired) electrons. The number of hydrogen-bond acceptors (Lipinski definition) is 7. The summed E-state index contributed by atoms with van der Waals surface area (Å²) in [5, 5.41) is 11.5. The van der Waals surface area contributed by atoms with Crippen LogP contribution in [0.25, 0.3) is 0 Å². The predicted molar refractivity (Wildman–Crippen MR) is 188 cm³/mol. The smallest absolute Gasteiger partial charge is 0.315 e. The maximum Gasteiger partial charge on any atom is 0.315 e. The van der Waals surface area contributed by atoms with E-state index in [1.54, 1.807) is 20.8 Å². The standard InChI is InChI=1S/C36H61N5O7S/c1-10-11-15-24(27(42)30(44)37-22-16-17-22)38-29(43)26-25-23(35(25,8)9)20-41(26)31(45)28(33(2,3)4)39-32(46)40-36(18-13-12-14-19-36)21-49(47,48)34(5,6)7/h22-26,28H,10-21H2,1-9H3,(H,37,44)(H,38,43)(H2,39,40,46)/t23-,24?,25-,26-,28?/m0/s1. The Morgan fingerprint density at radius 2 is 1.53 bits per heavy atom. The summed E-state index contributed by atoms with van der Waals surface area (Å²) in [5.74, 6) is -2.50. The lowest BCUT2D eigenvalue weighted by molar-refractivity contribution is -0.145. The Kier molecular flexibility index (Phi) is 11.3. The molecule has 0 aromatic rings. The van der Waals surface area contributed by atoms with Gasteiger partial charge in [-0.3, -0.25) is 19.2 Å². The van der Waals surface area contributed by atoms with Crippen LogP contribution in [0.4, 0.5) is 4.79 Å². The van der Waals surface area contributed by atoms with Gasteiger partial charge in [0.15, 0.2) is 9.84 Å². The van der Waals surface area contributed by atoms with Crippen molar-refractivity contribution in [3.05, 3.63) is 0 Å². The zero-order valence-electron chi connectivity index (χ0n) is 31.2. The third-order valence-corrected chi connectivity index (χ3v) is 14.2. The molecular weight excluding hydrogens is 646 g/mol. The molecule has 1 saturated heterocycles. The first-order chi connectivity index (χ1) is 22.5. The third-order valence-electron chi connectivity index (χ3n) is 11.4. The number of hydrogen-bond donors (Lipinski definition) is 4. The molecule has 1 aliphatic heterocycles. The molecule has 278 valence electrons. The molecule has 5 atom stereocenters. The first-order valence-electron chi connectivity index (χ1n) is 18.3. The van der Waals surface area contributed by atoms with E-state index in [0.717, 1.165) is 38.5 Å². The van der Waals surface area contributed by atoms with E-state index in [9.17, 15) is 32.4 Å². The van der Waals surface area contributed by atoms with Gasteiger partial charge >= 0.3 is 6.03 Å². The van der Waals surface area contributed by atoms with Gasteiger partial charge in [-0.25, -0.2) is 13.2 Å². The number of fused-ring (bicyclic) bond motifs is 1. The Labute approximate surface area is 293 Å². The zero-order chi connectivity index (χ0) is 36.7. The van der Waals surface area contributed by atoms with Crippen LogP contribution in [-0.4, -0.2) is 89.6 Å². The molecule has 4 fully saturated rings. The second kappa shape index (κ2) is 14.1. The first kappa shape index (κ1) is 39.1. The van der Waals surface area contributed by atoms with Crippen LogP contribution in [0, 0.1) is 22.7 Å². The van der Waals surface area contributed by atoms with Crippen LogP contribution in [0.5, 0.6) is 0 Å². The van der Waals surface area contributed by atoms with Crippen molar-refractivity contribution in [1.29, 1.82) is 0 Å². The van der Waals surface area contributed by atoms with Gasteiger partial charge in [0.25, 0.3) is 5.91 Å². The molecule has 12 nitrogen and oxygen atoms in total. The van der Waals surface area contributed by atoms with Crippen LogP contribution >= 0.6 is 0 Å². The lowest BCUT2D eigenvalue weighted by Crippen LogP contribution is -2.64. The molecule has 49 heavy (non-hydrogen) atoms. The molecule has 13 heteroatoms. The number of urea groups is 1. The number of unbranched alkanes of at least 4 members (excludes halogenated alkanes) is 1. The average molecular weight is 708 g/mol. The summed E-state index contributed by atoms with van der Waals surface area (Å²) in [6.07, 6.45) is 6.97. The maximum atomic E-state index is 14.5. The van der Waals surface area contributed by atoms with E-state index in [1.165, 1.54) is 4.90 Å². The highest BCUT2D eigenvalue weighted by Gasteiger charge is 2.70. The Morgan fingerprint density at radius 3 is 2.06 bits per heavy atom. The molecule has 4 aliphatic rings. The van der Waals surface area contributed by atoms with Crippen LogP contribution in [0.2, 0.25) is 0 Å². The minimum Gasteiger partial charge on any atom is -0.347 e. The van der Waals surface area contributed by atoms with Crippen molar-refractivity contribution >= 4 is 39.4 Å². The number of carbonyl (C=O) groups is 5. The molecule has 3 saturated carbocycles. The van der Waals surface area contributed by atoms with E-state index in [-0.39, 0.29) is 29.0 Å². The summed E-state index contributed by atoms with van der Waals surface area (Å²) in [5.41, 5.74) is -1.90. The molecule has 0 bridgehead atoms. The van der Waals surface area contributed by atoms with Crippen LogP contribution in [0.15, 0.2) is 0 Å². The fourth-order valence-electron chi connectivity index (χ4n) is 7.73. The predicted octanol–water partition coefficient (Wildman–Crippen LogP) is 3.62. The number of nitrogens with one attached hydrogen (secondary N) is 4. The normalized spacial score (nSPS) is 25.7. The monoisotopic (exact) mass is 707 g/mol. The van der Waals surface area contributed by atoms with Gasteiger partial charge in [-0.2, -0.15) is 0 Å². The third kappa shape index (κ3) is 8.79. The van der Waals surface area contributed by atoms with Crippen LogP contribution in [-0.2, 0) is 29.0 Å². The van der Waals surface area contributed by atoms with Crippen molar-refractivity contribution < 1.29 is 32.4 Å². The summed E-state index contributed by atoms with van der Waals surface area (Å²) >= 11 is 0. The highest BCUT2D eigenvalue weighted by Crippen LogP contribution is 2.65. The minimum atomic E-state index is -3.56. The molecule has 4 N–H and O–H groups in total. The van der Waals surface area contributed by atoms with Crippen molar-refractivity contribution in [2.24, 2.45) is 22.7 Å². The quantitative estimate of drug-likeness (QED) is 0.212. The van der Waals surface area contributed by atoms with Gasteiger partial charge in [0.1, 0.15) is 12.1 Å². The first-order valence-corrected chi connectivity index (χ1v) is 20.0. The highest BCUT2D eigenvalue weighted by molar-refractivity contribution is 7.92. The lowest BCUT2D eigenvalue weighted by Gasteiger charge is -2.41. The summed E-state index contributed by atoms with van der Waals surface area (Å²) < 4.78 is 25.6. The topological polar surface area (TPSA) is 171 Å².